The van der Waals surface area contributed by atoms with Gasteiger partial charge in [-0.15, -0.1) is 6.42 Å². The van der Waals surface area contributed by atoms with Gasteiger partial charge in [-0.25, -0.2) is 4.98 Å². The van der Waals surface area contributed by atoms with E-state index in [1.54, 1.807) is 31.2 Å². The van der Waals surface area contributed by atoms with Gasteiger partial charge in [0.2, 0.25) is 11.9 Å². The molecule has 1 aliphatic heterocycles. The van der Waals surface area contributed by atoms with Crippen molar-refractivity contribution >= 4 is 17.5 Å². The molecule has 1 saturated heterocycles. The second-order valence-corrected chi connectivity index (χ2v) is 6.33. The Kier molecular flexibility index (Phi) is 5.89. The van der Waals surface area contributed by atoms with E-state index in [-0.39, 0.29) is 17.9 Å². The van der Waals surface area contributed by atoms with Gasteiger partial charge in [0.05, 0.1) is 13.2 Å². The predicted molar refractivity (Wildman–Crippen MR) is 104 cm³/mol. The first-order valence-electron chi connectivity index (χ1n) is 8.86. The van der Waals surface area contributed by atoms with E-state index >= 15 is 0 Å². The maximum atomic E-state index is 12.5. The van der Waals surface area contributed by atoms with Crippen LogP contribution in [0.3, 0.4) is 0 Å². The number of terminal acetylenes is 1. The molecule has 1 fully saturated rings. The van der Waals surface area contributed by atoms with Gasteiger partial charge in [0, 0.05) is 42.0 Å². The van der Waals surface area contributed by atoms with Crippen molar-refractivity contribution in [1.82, 2.24) is 9.97 Å². The van der Waals surface area contributed by atoms with Crippen LogP contribution in [0.1, 0.15) is 23.2 Å². The summed E-state index contributed by atoms with van der Waals surface area (Å²) in [6.07, 6.45) is 5.87. The van der Waals surface area contributed by atoms with Crippen LogP contribution in [0.4, 0.5) is 11.6 Å². The fraction of sp³-hybridized carbons (Fsp3) is 0.350. The van der Waals surface area contributed by atoms with E-state index in [1.807, 2.05) is 4.90 Å². The molecule has 1 aliphatic rings. The number of nitrogens with one attached hydrogen (secondary N) is 2. The Morgan fingerprint density at radius 3 is 2.89 bits per heavy atom. The van der Waals surface area contributed by atoms with E-state index in [4.69, 9.17) is 11.2 Å². The molecule has 27 heavy (non-hydrogen) atoms. The summed E-state index contributed by atoms with van der Waals surface area (Å²) in [5.41, 5.74) is 2.30. The molecule has 1 aromatic heterocycles. The smallest absolute Gasteiger partial charge is 0.255 e. The highest BCUT2D eigenvalue weighted by Crippen LogP contribution is 2.13. The first-order chi connectivity index (χ1) is 13.1. The second kappa shape index (κ2) is 8.52. The van der Waals surface area contributed by atoms with Crippen LogP contribution < -0.4 is 15.8 Å². The number of amides is 1. The van der Waals surface area contributed by atoms with Crippen LogP contribution in [0.5, 0.6) is 0 Å². The fourth-order valence-electron chi connectivity index (χ4n) is 2.96. The van der Waals surface area contributed by atoms with E-state index in [0.29, 0.717) is 61.2 Å². The Bertz CT molecular complexity index is 924. The number of hydrogen-bond donors (Lipinski definition) is 2. The number of aromatic amines is 1. The summed E-state index contributed by atoms with van der Waals surface area (Å²) in [5, 5.41) is 2.80. The van der Waals surface area contributed by atoms with Crippen molar-refractivity contribution < 1.29 is 9.53 Å². The highest BCUT2D eigenvalue weighted by Gasteiger charge is 2.16. The molecule has 0 saturated carbocycles. The number of aryl methyl sites for hydroxylation is 1. The first kappa shape index (κ1) is 18.7. The third-order valence-corrected chi connectivity index (χ3v) is 4.44. The van der Waals surface area contributed by atoms with Gasteiger partial charge in [0.1, 0.15) is 0 Å². The number of benzene rings is 1. The van der Waals surface area contributed by atoms with Crippen LogP contribution in [-0.2, 0) is 16.0 Å². The second-order valence-electron chi connectivity index (χ2n) is 6.33. The van der Waals surface area contributed by atoms with Crippen molar-refractivity contribution in [2.75, 3.05) is 36.5 Å². The van der Waals surface area contributed by atoms with Crippen LogP contribution in [0.25, 0.3) is 0 Å². The van der Waals surface area contributed by atoms with Gasteiger partial charge in [0.25, 0.3) is 5.56 Å². The lowest BCUT2D eigenvalue weighted by Crippen LogP contribution is -2.38. The van der Waals surface area contributed by atoms with Crippen LogP contribution in [0, 0.1) is 19.3 Å². The standard InChI is InChI=1S/C20H22N4O3/c1-3-15-5-4-6-16(13-15)22-18(25)8-7-17-14(2)21-20(23-19(17)26)24-9-11-27-12-10-24/h1,4-6,13H,7-12H2,2H3,(H,22,25)(H,21,23,26). The average molecular weight is 366 g/mol. The van der Waals surface area contributed by atoms with Crippen molar-refractivity contribution in [3.8, 4) is 12.3 Å². The molecule has 7 heteroatoms. The monoisotopic (exact) mass is 366 g/mol. The number of hydrogen-bond acceptors (Lipinski definition) is 5. The van der Waals surface area contributed by atoms with Crippen molar-refractivity contribution in [3.63, 3.8) is 0 Å². The molecule has 2 aromatic rings. The van der Waals surface area contributed by atoms with Gasteiger partial charge in [-0.2, -0.15) is 0 Å². The van der Waals surface area contributed by atoms with Gasteiger partial charge in [-0.3, -0.25) is 14.6 Å². The largest absolute Gasteiger partial charge is 0.378 e. The van der Waals surface area contributed by atoms with Crippen LogP contribution >= 0.6 is 0 Å². The van der Waals surface area contributed by atoms with Crippen LogP contribution in [0.15, 0.2) is 29.1 Å². The lowest BCUT2D eigenvalue weighted by atomic mass is 10.1. The minimum atomic E-state index is -0.203. The summed E-state index contributed by atoms with van der Waals surface area (Å²) in [6, 6.07) is 7.08. The lowest BCUT2D eigenvalue weighted by Gasteiger charge is -2.27. The van der Waals surface area contributed by atoms with E-state index in [1.165, 1.54) is 0 Å². The molecule has 0 atom stereocenters. The Labute approximate surface area is 157 Å². The van der Waals surface area contributed by atoms with Gasteiger partial charge >= 0.3 is 0 Å². The summed E-state index contributed by atoms with van der Waals surface area (Å²) in [6.45, 7) is 4.42. The fourth-order valence-corrected chi connectivity index (χ4v) is 2.96. The normalized spacial score (nSPS) is 13.9. The number of ether oxygens (including phenoxy) is 1. The molecule has 0 aliphatic carbocycles. The molecule has 2 N–H and O–H groups in total. The number of nitrogens with zero attached hydrogens (tertiary/aromatic N) is 2. The zero-order valence-electron chi connectivity index (χ0n) is 15.2. The predicted octanol–water partition coefficient (Wildman–Crippen LogP) is 1.47. The van der Waals surface area contributed by atoms with Gasteiger partial charge in [-0.1, -0.05) is 12.0 Å². The Morgan fingerprint density at radius 1 is 1.41 bits per heavy atom. The number of H-pyrrole nitrogens is 1. The van der Waals surface area contributed by atoms with Crippen molar-refractivity contribution in [2.45, 2.75) is 19.8 Å². The minimum Gasteiger partial charge on any atom is -0.378 e. The van der Waals surface area contributed by atoms with E-state index in [9.17, 15) is 9.59 Å². The summed E-state index contributed by atoms with van der Waals surface area (Å²) in [7, 11) is 0. The number of carbonyl (C=O) groups is 1. The molecule has 0 unspecified atom stereocenters. The zero-order chi connectivity index (χ0) is 19.2. The summed E-state index contributed by atoms with van der Waals surface area (Å²) >= 11 is 0. The topological polar surface area (TPSA) is 87.3 Å². The molecule has 0 bridgehead atoms. The van der Waals surface area contributed by atoms with Gasteiger partial charge in [0.15, 0.2) is 0 Å². The first-order valence-corrected chi connectivity index (χ1v) is 8.86. The van der Waals surface area contributed by atoms with Crippen LogP contribution in [-0.4, -0.2) is 42.2 Å². The lowest BCUT2D eigenvalue weighted by molar-refractivity contribution is -0.116. The Balaban J connectivity index is 1.64. The van der Waals surface area contributed by atoms with E-state index in [2.05, 4.69) is 21.2 Å². The maximum absolute atomic E-state index is 12.5. The Morgan fingerprint density at radius 2 is 2.19 bits per heavy atom. The number of morpholine rings is 1. The number of carbonyl (C=O) groups excluding carboxylic acids is 1. The Hall–Kier alpha value is -3.11. The molecule has 3 rings (SSSR count). The average Bonchev–Trinajstić information content (AvgIpc) is 2.68. The highest BCUT2D eigenvalue weighted by atomic mass is 16.5. The third kappa shape index (κ3) is 4.74. The molecule has 1 amide bonds. The maximum Gasteiger partial charge on any atom is 0.255 e. The molecule has 1 aromatic carbocycles. The molecule has 0 radical (unpaired) electrons. The highest BCUT2D eigenvalue weighted by molar-refractivity contribution is 5.91. The summed E-state index contributed by atoms with van der Waals surface area (Å²) < 4.78 is 5.32. The van der Waals surface area contributed by atoms with Crippen LogP contribution in [0.2, 0.25) is 0 Å². The molecule has 140 valence electrons. The molecule has 2 heterocycles. The van der Waals surface area contributed by atoms with E-state index < -0.39 is 0 Å². The number of rotatable bonds is 5. The molecular weight excluding hydrogens is 344 g/mol. The minimum absolute atomic E-state index is 0.180. The summed E-state index contributed by atoms with van der Waals surface area (Å²) in [5.74, 6) is 2.90. The van der Waals surface area contributed by atoms with Gasteiger partial charge in [-0.05, 0) is 31.5 Å². The van der Waals surface area contributed by atoms with E-state index in [0.717, 1.165) is 0 Å². The van der Waals surface area contributed by atoms with Crippen molar-refractivity contribution in [3.05, 3.63) is 51.4 Å². The summed E-state index contributed by atoms with van der Waals surface area (Å²) in [4.78, 5) is 34.0. The zero-order valence-corrected chi connectivity index (χ0v) is 15.2. The molecule has 7 nitrogen and oxygen atoms in total. The molecule has 0 spiro atoms. The molecular formula is C20H22N4O3. The SMILES string of the molecule is C#Cc1cccc(NC(=O)CCc2c(C)nc(N3CCOCC3)[nH]c2=O)c1. The quantitative estimate of drug-likeness (QED) is 0.783. The third-order valence-electron chi connectivity index (χ3n) is 4.44. The van der Waals surface area contributed by atoms with Crippen molar-refractivity contribution in [1.29, 1.82) is 0 Å². The van der Waals surface area contributed by atoms with Gasteiger partial charge < -0.3 is 15.0 Å². The number of aromatic nitrogens is 2. The van der Waals surface area contributed by atoms with Crippen molar-refractivity contribution in [2.24, 2.45) is 0 Å². The number of anilines is 2.